The first-order valence-electron chi connectivity index (χ1n) is 5.26. The van der Waals surface area contributed by atoms with Crippen LogP contribution in [-0.2, 0) is 4.79 Å². The first-order valence-corrected chi connectivity index (χ1v) is 6.14. The first-order chi connectivity index (χ1) is 8.78. The summed E-state index contributed by atoms with van der Waals surface area (Å²) >= 11 is 1.00. The minimum Gasteiger partial charge on any atom is -0.481 e. The van der Waals surface area contributed by atoms with Gasteiger partial charge in [0.15, 0.2) is 5.41 Å². The van der Waals surface area contributed by atoms with E-state index < -0.39 is 36.4 Å². The molecule has 0 spiro atoms. The normalized spacial score (nSPS) is 23.6. The van der Waals surface area contributed by atoms with Crippen molar-refractivity contribution in [2.45, 2.75) is 12.6 Å². The molecule has 0 aromatic carbocycles. The minimum atomic E-state index is -4.89. The van der Waals surface area contributed by atoms with Crippen LogP contribution in [0.5, 0.6) is 0 Å². The van der Waals surface area contributed by atoms with E-state index in [9.17, 15) is 22.8 Å². The number of amides is 1. The van der Waals surface area contributed by atoms with Gasteiger partial charge in [-0.1, -0.05) is 0 Å². The molecule has 1 N–H and O–H groups in total. The van der Waals surface area contributed by atoms with Crippen LogP contribution in [0.2, 0.25) is 0 Å². The Morgan fingerprint density at radius 2 is 2.16 bits per heavy atom. The minimum absolute atomic E-state index is 0.198. The van der Waals surface area contributed by atoms with Crippen LogP contribution in [0.4, 0.5) is 13.2 Å². The number of halogens is 3. The smallest absolute Gasteiger partial charge is 0.406 e. The fraction of sp³-hybridized carbons (Fsp3) is 0.500. The number of carbonyl (C=O) groups excluding carboxylic acids is 1. The van der Waals surface area contributed by atoms with Crippen molar-refractivity contribution >= 4 is 23.2 Å². The lowest BCUT2D eigenvalue weighted by Crippen LogP contribution is -2.47. The van der Waals surface area contributed by atoms with Gasteiger partial charge >= 0.3 is 12.1 Å². The molecule has 1 atom stereocenters. The average Bonchev–Trinajstić information content (AvgIpc) is 2.97. The number of thiazole rings is 1. The maximum atomic E-state index is 12.9. The standard InChI is InChI=1S/C10H9F3N2O3S/c11-10(12,13)9(8(17)18)1-2-15(4-9)7(16)6-3-14-5-19-6/h3,5H,1-2,4H2,(H,17,18). The summed E-state index contributed by atoms with van der Waals surface area (Å²) in [6, 6.07) is 0. The molecule has 1 amide bonds. The highest BCUT2D eigenvalue weighted by atomic mass is 32.1. The Kier molecular flexibility index (Phi) is 3.25. The lowest BCUT2D eigenvalue weighted by Gasteiger charge is -2.27. The van der Waals surface area contributed by atoms with Gasteiger partial charge in [0.1, 0.15) is 4.88 Å². The highest BCUT2D eigenvalue weighted by molar-refractivity contribution is 7.11. The summed E-state index contributed by atoms with van der Waals surface area (Å²) in [5, 5.41) is 8.86. The van der Waals surface area contributed by atoms with Crippen molar-refractivity contribution < 1.29 is 27.9 Å². The molecule has 1 unspecified atom stereocenters. The number of carboxylic acids is 1. The third kappa shape index (κ3) is 2.18. The second kappa shape index (κ2) is 4.48. The summed E-state index contributed by atoms with van der Waals surface area (Å²) < 4.78 is 38.8. The molecular formula is C10H9F3N2O3S. The average molecular weight is 294 g/mol. The molecule has 104 valence electrons. The number of carbonyl (C=O) groups is 2. The van der Waals surface area contributed by atoms with E-state index in [4.69, 9.17) is 5.11 Å². The Hall–Kier alpha value is -1.64. The number of alkyl halides is 3. The number of hydrogen-bond donors (Lipinski definition) is 1. The summed E-state index contributed by atoms with van der Waals surface area (Å²) in [6.07, 6.45) is -4.26. The van der Waals surface area contributed by atoms with Crippen molar-refractivity contribution in [1.82, 2.24) is 9.88 Å². The maximum Gasteiger partial charge on any atom is 0.406 e. The summed E-state index contributed by atoms with van der Waals surface area (Å²) in [5.41, 5.74) is -1.48. The predicted octanol–water partition coefficient (Wildman–Crippen LogP) is 1.62. The van der Waals surface area contributed by atoms with Crippen molar-refractivity contribution in [1.29, 1.82) is 0 Å². The van der Waals surface area contributed by atoms with Gasteiger partial charge in [-0.2, -0.15) is 13.2 Å². The van der Waals surface area contributed by atoms with E-state index in [1.807, 2.05) is 0 Å². The lowest BCUT2D eigenvalue weighted by molar-refractivity contribution is -0.227. The van der Waals surface area contributed by atoms with Crippen LogP contribution in [0.25, 0.3) is 0 Å². The molecule has 0 bridgehead atoms. The Balaban J connectivity index is 2.23. The van der Waals surface area contributed by atoms with E-state index in [1.54, 1.807) is 0 Å². The molecule has 1 aromatic rings. The molecule has 9 heteroatoms. The van der Waals surface area contributed by atoms with Gasteiger partial charge in [0.05, 0.1) is 11.7 Å². The van der Waals surface area contributed by atoms with E-state index in [0.717, 1.165) is 16.2 Å². The van der Waals surface area contributed by atoms with Crippen molar-refractivity contribution in [3.05, 3.63) is 16.6 Å². The SMILES string of the molecule is O=C(c1cncs1)N1CCC(C(=O)O)(C(F)(F)F)C1. The molecule has 0 aliphatic carbocycles. The topological polar surface area (TPSA) is 70.5 Å². The van der Waals surface area contributed by atoms with Crippen LogP contribution >= 0.6 is 11.3 Å². The largest absolute Gasteiger partial charge is 0.481 e. The Bertz CT molecular complexity index is 503. The second-order valence-corrected chi connectivity index (χ2v) is 5.11. The molecule has 1 aliphatic rings. The summed E-state index contributed by atoms with van der Waals surface area (Å²) in [4.78, 5) is 27.6. The fourth-order valence-corrected chi connectivity index (χ4v) is 2.57. The first kappa shape index (κ1) is 13.8. The van der Waals surface area contributed by atoms with E-state index >= 15 is 0 Å². The van der Waals surface area contributed by atoms with Gasteiger partial charge in [0, 0.05) is 13.1 Å². The van der Waals surface area contributed by atoms with Gasteiger partial charge in [0.25, 0.3) is 5.91 Å². The van der Waals surface area contributed by atoms with Crippen molar-refractivity contribution in [2.24, 2.45) is 5.41 Å². The van der Waals surface area contributed by atoms with Crippen LogP contribution < -0.4 is 0 Å². The van der Waals surface area contributed by atoms with E-state index in [1.165, 1.54) is 11.7 Å². The predicted molar refractivity (Wildman–Crippen MR) is 58.8 cm³/mol. The van der Waals surface area contributed by atoms with Gasteiger partial charge in [-0.15, -0.1) is 11.3 Å². The van der Waals surface area contributed by atoms with Crippen LogP contribution in [0.15, 0.2) is 11.7 Å². The van der Waals surface area contributed by atoms with Gasteiger partial charge < -0.3 is 10.0 Å². The van der Waals surface area contributed by atoms with E-state index in [2.05, 4.69) is 4.98 Å². The highest BCUT2D eigenvalue weighted by Crippen LogP contribution is 2.46. The highest BCUT2D eigenvalue weighted by Gasteiger charge is 2.64. The van der Waals surface area contributed by atoms with Crippen LogP contribution in [0.1, 0.15) is 16.1 Å². The van der Waals surface area contributed by atoms with E-state index in [0.29, 0.717) is 0 Å². The maximum absolute atomic E-state index is 12.9. The molecule has 2 rings (SSSR count). The number of rotatable bonds is 2. The quantitative estimate of drug-likeness (QED) is 0.900. The summed E-state index contributed by atoms with van der Waals surface area (Å²) in [6.45, 7) is -1.09. The summed E-state index contributed by atoms with van der Waals surface area (Å²) in [5.74, 6) is -2.56. The Labute approximate surface area is 109 Å². The number of aliphatic carboxylic acids is 1. The molecular weight excluding hydrogens is 285 g/mol. The number of carboxylic acid groups (broad SMARTS) is 1. The van der Waals surface area contributed by atoms with Gasteiger partial charge in [-0.3, -0.25) is 14.6 Å². The number of nitrogens with zero attached hydrogens (tertiary/aromatic N) is 2. The van der Waals surface area contributed by atoms with Crippen molar-refractivity contribution in [3.63, 3.8) is 0 Å². The Morgan fingerprint density at radius 3 is 2.58 bits per heavy atom. The van der Waals surface area contributed by atoms with Gasteiger partial charge in [-0.25, -0.2) is 0 Å². The molecule has 19 heavy (non-hydrogen) atoms. The molecule has 1 saturated heterocycles. The monoisotopic (exact) mass is 294 g/mol. The lowest BCUT2D eigenvalue weighted by atomic mass is 9.86. The third-order valence-corrected chi connectivity index (χ3v) is 3.91. The second-order valence-electron chi connectivity index (χ2n) is 4.23. The molecule has 1 aliphatic heterocycles. The molecule has 1 fully saturated rings. The van der Waals surface area contributed by atoms with E-state index in [-0.39, 0.29) is 11.4 Å². The van der Waals surface area contributed by atoms with Crippen LogP contribution in [0.3, 0.4) is 0 Å². The molecule has 0 radical (unpaired) electrons. The zero-order valence-corrected chi connectivity index (χ0v) is 10.3. The number of likely N-dealkylation sites (tertiary alicyclic amines) is 1. The van der Waals surface area contributed by atoms with Crippen LogP contribution in [-0.4, -0.2) is 46.1 Å². The number of aromatic nitrogens is 1. The van der Waals surface area contributed by atoms with Gasteiger partial charge in [-0.05, 0) is 6.42 Å². The van der Waals surface area contributed by atoms with Crippen molar-refractivity contribution in [2.75, 3.05) is 13.1 Å². The van der Waals surface area contributed by atoms with Gasteiger partial charge in [0.2, 0.25) is 0 Å². The molecule has 1 aromatic heterocycles. The fourth-order valence-electron chi connectivity index (χ4n) is 1.99. The molecule has 0 saturated carbocycles. The van der Waals surface area contributed by atoms with Crippen LogP contribution in [0, 0.1) is 5.41 Å². The Morgan fingerprint density at radius 1 is 1.47 bits per heavy atom. The third-order valence-electron chi connectivity index (χ3n) is 3.15. The summed E-state index contributed by atoms with van der Waals surface area (Å²) in [7, 11) is 0. The number of hydrogen-bond acceptors (Lipinski definition) is 4. The molecule has 5 nitrogen and oxygen atoms in total. The molecule has 2 heterocycles. The zero-order chi connectivity index (χ0) is 14.3. The zero-order valence-electron chi connectivity index (χ0n) is 9.48. The van der Waals surface area contributed by atoms with Crippen molar-refractivity contribution in [3.8, 4) is 0 Å².